The Hall–Kier alpha value is 0.390. The fourth-order valence-electron chi connectivity index (χ4n) is 1.47. The van der Waals surface area contributed by atoms with Crippen LogP contribution in [0.15, 0.2) is 30.3 Å². The maximum Gasteiger partial charge on any atom is 1.00 e. The van der Waals surface area contributed by atoms with Crippen molar-refractivity contribution in [1.82, 2.24) is 0 Å². The van der Waals surface area contributed by atoms with Crippen LogP contribution in [0.3, 0.4) is 0 Å². The number of carboxylic acid groups (broad SMARTS) is 1. The summed E-state index contributed by atoms with van der Waals surface area (Å²) in [6.07, 6.45) is 0. The molecule has 1 aliphatic rings. The second kappa shape index (κ2) is 5.64. The van der Waals surface area contributed by atoms with E-state index in [0.29, 0.717) is 0 Å². The van der Waals surface area contributed by atoms with Crippen molar-refractivity contribution in [3.8, 4) is 0 Å². The molecule has 1 aliphatic heterocycles. The summed E-state index contributed by atoms with van der Waals surface area (Å²) in [5, 5.41) is 11.2. The number of carbonyl (C=O) groups excluding carboxylic acids is 1. The molecule has 0 N–H and O–H groups in total. The third-order valence-corrected chi connectivity index (χ3v) is 5.52. The Morgan fingerprint density at radius 2 is 1.73 bits per heavy atom. The molecule has 2 nitrogen and oxygen atoms in total. The molecule has 0 radical (unpaired) electrons. The van der Waals surface area contributed by atoms with Crippen LogP contribution in [0, 0.1) is 0 Å². The van der Waals surface area contributed by atoms with E-state index in [-0.39, 0.29) is 29.6 Å². The first kappa shape index (κ1) is 13.5. The Labute approximate surface area is 120 Å². The van der Waals surface area contributed by atoms with Gasteiger partial charge in [-0.2, -0.15) is 0 Å². The van der Waals surface area contributed by atoms with Gasteiger partial charge >= 0.3 is 29.6 Å². The molecule has 0 amide bonds. The summed E-state index contributed by atoms with van der Waals surface area (Å²) in [6, 6.07) is 9.30. The Kier molecular flexibility index (Phi) is 5.06. The predicted octanol–water partition coefficient (Wildman–Crippen LogP) is -1.93. The topological polar surface area (TPSA) is 40.1 Å². The number of rotatable bonds is 2. The number of aliphatic carboxylic acids is 1. The molecule has 0 aliphatic carbocycles. The Bertz CT molecular complexity index is 337. The van der Waals surface area contributed by atoms with Crippen LogP contribution in [-0.2, 0) is 8.87 Å². The molecule has 15 heavy (non-hydrogen) atoms. The molecule has 1 saturated heterocycles. The summed E-state index contributed by atoms with van der Waals surface area (Å²) in [5.41, 5.74) is 0.826. The zero-order valence-electron chi connectivity index (χ0n) is 8.43. The van der Waals surface area contributed by atoms with Gasteiger partial charge in [0, 0.05) is 11.5 Å². The second-order valence-corrected chi connectivity index (χ2v) is 5.84. The molecule has 0 aromatic heterocycles. The van der Waals surface area contributed by atoms with Crippen LogP contribution in [0.1, 0.15) is 5.56 Å². The molecule has 0 atom stereocenters. The molecule has 1 aromatic rings. The minimum Gasteiger partial charge on any atom is -0.547 e. The Morgan fingerprint density at radius 3 is 2.20 bits per heavy atom. The third kappa shape index (κ3) is 2.56. The van der Waals surface area contributed by atoms with Crippen LogP contribution in [0.4, 0.5) is 0 Å². The van der Waals surface area contributed by atoms with Crippen LogP contribution in [0.2, 0.25) is 0 Å². The van der Waals surface area contributed by atoms with E-state index in [2.05, 4.69) is 0 Å². The number of hydrogen-bond donors (Lipinski definition) is 0. The second-order valence-electron chi connectivity index (χ2n) is 2.97. The molecule has 0 bridgehead atoms. The van der Waals surface area contributed by atoms with Crippen molar-refractivity contribution in [3.63, 3.8) is 0 Å². The van der Waals surface area contributed by atoms with Gasteiger partial charge in [-0.15, -0.1) is 23.5 Å². The van der Waals surface area contributed by atoms with Crippen LogP contribution in [-0.4, -0.2) is 17.5 Å². The predicted molar refractivity (Wildman–Crippen MR) is 58.0 cm³/mol. The van der Waals surface area contributed by atoms with Crippen molar-refractivity contribution in [2.75, 3.05) is 11.5 Å². The van der Waals surface area contributed by atoms with Crippen molar-refractivity contribution in [2.45, 2.75) is 4.08 Å². The van der Waals surface area contributed by atoms with Crippen molar-refractivity contribution >= 4 is 29.5 Å². The van der Waals surface area contributed by atoms with Crippen molar-refractivity contribution in [3.05, 3.63) is 35.9 Å². The molecule has 5 heteroatoms. The molecular weight excluding hydrogens is 239 g/mol. The van der Waals surface area contributed by atoms with Crippen LogP contribution in [0.5, 0.6) is 0 Å². The molecule has 0 saturated carbocycles. The van der Waals surface area contributed by atoms with Crippen LogP contribution >= 0.6 is 23.5 Å². The summed E-state index contributed by atoms with van der Waals surface area (Å²) >= 11 is 2.90. The third-order valence-electron chi connectivity index (χ3n) is 2.12. The minimum atomic E-state index is -0.990. The first-order chi connectivity index (χ1) is 6.76. The van der Waals surface area contributed by atoms with E-state index in [1.165, 1.54) is 23.5 Å². The van der Waals surface area contributed by atoms with Gasteiger partial charge in [-0.05, 0) is 5.56 Å². The van der Waals surface area contributed by atoms with Gasteiger partial charge in [-0.25, -0.2) is 0 Å². The van der Waals surface area contributed by atoms with Crippen molar-refractivity contribution < 1.29 is 39.5 Å². The summed E-state index contributed by atoms with van der Waals surface area (Å²) in [6.45, 7) is 0. The number of carboxylic acids is 1. The fourth-order valence-corrected chi connectivity index (χ4v) is 4.39. The van der Waals surface area contributed by atoms with E-state index in [0.717, 1.165) is 17.1 Å². The van der Waals surface area contributed by atoms with Crippen molar-refractivity contribution in [1.29, 1.82) is 0 Å². The fraction of sp³-hybridized carbons (Fsp3) is 0.300. The molecular formula is C10H9NaO2S2. The summed E-state index contributed by atoms with van der Waals surface area (Å²) in [5.74, 6) is 0.748. The number of hydrogen-bond acceptors (Lipinski definition) is 4. The molecule has 0 spiro atoms. The van der Waals surface area contributed by atoms with Gasteiger partial charge < -0.3 is 9.90 Å². The number of benzene rings is 1. The van der Waals surface area contributed by atoms with E-state index >= 15 is 0 Å². The van der Waals surface area contributed by atoms with E-state index < -0.39 is 10.0 Å². The molecule has 0 unspecified atom stereocenters. The molecule has 1 fully saturated rings. The average molecular weight is 248 g/mol. The molecule has 74 valence electrons. The largest absolute Gasteiger partial charge is 1.00 e. The molecule has 1 heterocycles. The van der Waals surface area contributed by atoms with E-state index in [4.69, 9.17) is 0 Å². The smallest absolute Gasteiger partial charge is 0.547 e. The zero-order valence-corrected chi connectivity index (χ0v) is 12.1. The van der Waals surface area contributed by atoms with Gasteiger partial charge in [0.05, 0.1) is 5.97 Å². The normalized spacial score (nSPS) is 18.1. The minimum absolute atomic E-state index is 0. The van der Waals surface area contributed by atoms with E-state index in [9.17, 15) is 9.90 Å². The van der Waals surface area contributed by atoms with Gasteiger partial charge in [-0.1, -0.05) is 30.3 Å². The summed E-state index contributed by atoms with van der Waals surface area (Å²) in [4.78, 5) is 11.2. The number of carbonyl (C=O) groups is 1. The quantitative estimate of drug-likeness (QED) is 0.572. The number of thioether (sulfide) groups is 2. The van der Waals surface area contributed by atoms with Crippen LogP contribution in [0.25, 0.3) is 0 Å². The SMILES string of the molecule is O=C([O-])C1(c2ccccc2)SCCS1.[Na+]. The standard InChI is InChI=1S/C10H10O2S2.Na/c11-9(12)10(13-6-7-14-10)8-4-2-1-3-5-8;/h1-5H,6-7H2,(H,11,12);/q;+1/p-1. The van der Waals surface area contributed by atoms with Gasteiger partial charge in [0.25, 0.3) is 0 Å². The Balaban J connectivity index is 0.00000112. The molecule has 1 aromatic carbocycles. The van der Waals surface area contributed by atoms with Gasteiger partial charge in [0.15, 0.2) is 0 Å². The maximum atomic E-state index is 11.2. The maximum absolute atomic E-state index is 11.2. The monoisotopic (exact) mass is 248 g/mol. The van der Waals surface area contributed by atoms with E-state index in [1.54, 1.807) is 0 Å². The van der Waals surface area contributed by atoms with Crippen LogP contribution < -0.4 is 34.7 Å². The Morgan fingerprint density at radius 1 is 1.20 bits per heavy atom. The zero-order chi connectivity index (χ0) is 10.0. The van der Waals surface area contributed by atoms with Gasteiger partial charge in [0.1, 0.15) is 4.08 Å². The van der Waals surface area contributed by atoms with E-state index in [1.807, 2.05) is 30.3 Å². The molecule has 2 rings (SSSR count). The average Bonchev–Trinajstić information content (AvgIpc) is 2.69. The first-order valence-corrected chi connectivity index (χ1v) is 6.28. The van der Waals surface area contributed by atoms with Crippen molar-refractivity contribution in [2.24, 2.45) is 0 Å². The summed E-state index contributed by atoms with van der Waals surface area (Å²) < 4.78 is -0.874. The van der Waals surface area contributed by atoms with Gasteiger partial charge in [0.2, 0.25) is 0 Å². The first-order valence-electron chi connectivity index (χ1n) is 4.30. The van der Waals surface area contributed by atoms with Gasteiger partial charge in [-0.3, -0.25) is 0 Å². The summed E-state index contributed by atoms with van der Waals surface area (Å²) in [7, 11) is 0.